The predicted molar refractivity (Wildman–Crippen MR) is 100 cm³/mol. The van der Waals surface area contributed by atoms with Gasteiger partial charge in [-0.3, -0.25) is 9.89 Å². The van der Waals surface area contributed by atoms with Crippen molar-refractivity contribution in [2.45, 2.75) is 32.8 Å². The highest BCUT2D eigenvalue weighted by Crippen LogP contribution is 2.38. The molecule has 3 aromatic rings. The molecule has 5 heteroatoms. The first kappa shape index (κ1) is 16.4. The number of nitrogens with zero attached hydrogens (tertiary/aromatic N) is 1. The third kappa shape index (κ3) is 3.20. The van der Waals surface area contributed by atoms with E-state index in [4.69, 9.17) is 4.74 Å². The highest BCUT2D eigenvalue weighted by molar-refractivity contribution is 5.94. The number of aromatic amines is 1. The number of ether oxygens (including phenoxy) is 1. The maximum absolute atomic E-state index is 12.0. The van der Waals surface area contributed by atoms with Crippen LogP contribution in [0.5, 0.6) is 5.75 Å². The molecule has 4 rings (SSSR count). The van der Waals surface area contributed by atoms with E-state index in [0.717, 1.165) is 28.1 Å². The zero-order chi connectivity index (χ0) is 18.1. The zero-order valence-corrected chi connectivity index (χ0v) is 14.9. The van der Waals surface area contributed by atoms with E-state index < -0.39 is 0 Å². The molecule has 0 fully saturated rings. The van der Waals surface area contributed by atoms with Gasteiger partial charge in [-0.05, 0) is 37.1 Å². The molecule has 0 saturated carbocycles. The summed E-state index contributed by atoms with van der Waals surface area (Å²) in [6, 6.07) is 16.3. The largest absolute Gasteiger partial charge is 0.489 e. The van der Waals surface area contributed by atoms with Crippen molar-refractivity contribution in [2.75, 3.05) is 5.32 Å². The maximum atomic E-state index is 12.0. The maximum Gasteiger partial charge on any atom is 0.226 e. The van der Waals surface area contributed by atoms with Crippen molar-refractivity contribution >= 4 is 11.7 Å². The predicted octanol–water partition coefficient (Wildman–Crippen LogP) is 4.08. The van der Waals surface area contributed by atoms with E-state index in [0.29, 0.717) is 18.8 Å². The minimum absolute atomic E-state index is 0.00576. The smallest absolute Gasteiger partial charge is 0.226 e. The van der Waals surface area contributed by atoms with Crippen LogP contribution in [0.2, 0.25) is 0 Å². The van der Waals surface area contributed by atoms with Gasteiger partial charge < -0.3 is 10.1 Å². The first-order valence-electron chi connectivity index (χ1n) is 8.73. The number of anilines is 1. The summed E-state index contributed by atoms with van der Waals surface area (Å²) < 4.78 is 5.89. The molecule has 0 radical (unpaired) electrons. The summed E-state index contributed by atoms with van der Waals surface area (Å²) in [6.07, 6.45) is 0.427. The van der Waals surface area contributed by atoms with Crippen LogP contribution in [-0.4, -0.2) is 16.1 Å². The molecule has 1 atom stereocenters. The van der Waals surface area contributed by atoms with E-state index in [1.807, 2.05) is 37.3 Å². The average molecular weight is 347 g/mol. The van der Waals surface area contributed by atoms with Gasteiger partial charge in [0, 0.05) is 23.6 Å². The SMILES string of the molecule is Cc1cccc(COc2ccc([C@@H]3CC(=O)Nc4n[nH]c(C)c43)cc2)c1. The number of hydrogen-bond donors (Lipinski definition) is 2. The monoisotopic (exact) mass is 347 g/mol. The van der Waals surface area contributed by atoms with Crippen molar-refractivity contribution in [3.63, 3.8) is 0 Å². The molecule has 2 aromatic carbocycles. The van der Waals surface area contributed by atoms with Crippen LogP contribution in [0.1, 0.15) is 40.3 Å². The highest BCUT2D eigenvalue weighted by atomic mass is 16.5. The Hall–Kier alpha value is -3.08. The number of nitrogens with one attached hydrogen (secondary N) is 2. The van der Waals surface area contributed by atoms with E-state index >= 15 is 0 Å². The van der Waals surface area contributed by atoms with Crippen LogP contribution in [0.25, 0.3) is 0 Å². The minimum Gasteiger partial charge on any atom is -0.489 e. The molecule has 2 heterocycles. The summed E-state index contributed by atoms with van der Waals surface area (Å²) in [4.78, 5) is 12.0. The second-order valence-corrected chi connectivity index (χ2v) is 6.76. The molecule has 0 aliphatic carbocycles. The summed E-state index contributed by atoms with van der Waals surface area (Å²) >= 11 is 0. The van der Waals surface area contributed by atoms with Gasteiger partial charge in [0.25, 0.3) is 0 Å². The first-order valence-corrected chi connectivity index (χ1v) is 8.73. The standard InChI is InChI=1S/C21H21N3O2/c1-13-4-3-5-15(10-13)12-26-17-8-6-16(7-9-17)18-11-19(25)22-21-20(18)14(2)23-24-21/h3-10,18H,11-12H2,1-2H3,(H2,22,23,24,25)/t18-/m0/s1. The van der Waals surface area contributed by atoms with Gasteiger partial charge in [0.05, 0.1) is 0 Å². The van der Waals surface area contributed by atoms with Crippen molar-refractivity contribution in [3.8, 4) is 5.75 Å². The molecule has 1 aromatic heterocycles. The van der Waals surface area contributed by atoms with Crippen LogP contribution in [0.3, 0.4) is 0 Å². The summed E-state index contributed by atoms with van der Waals surface area (Å²) in [6.45, 7) is 4.60. The van der Waals surface area contributed by atoms with Crippen LogP contribution in [0.4, 0.5) is 5.82 Å². The Morgan fingerprint density at radius 2 is 1.96 bits per heavy atom. The number of amides is 1. The Kier molecular flexibility index (Phi) is 4.21. The molecule has 0 bridgehead atoms. The quantitative estimate of drug-likeness (QED) is 0.747. The Balaban J connectivity index is 1.51. The summed E-state index contributed by atoms with van der Waals surface area (Å²) in [5.74, 6) is 1.47. The van der Waals surface area contributed by atoms with E-state index in [1.165, 1.54) is 5.56 Å². The number of aromatic nitrogens is 2. The minimum atomic E-state index is -0.00576. The fraction of sp³-hybridized carbons (Fsp3) is 0.238. The lowest BCUT2D eigenvalue weighted by atomic mass is 9.86. The van der Waals surface area contributed by atoms with Crippen LogP contribution >= 0.6 is 0 Å². The first-order chi connectivity index (χ1) is 12.6. The fourth-order valence-corrected chi connectivity index (χ4v) is 3.48. The second kappa shape index (κ2) is 6.67. The van der Waals surface area contributed by atoms with Crippen molar-refractivity contribution in [1.82, 2.24) is 10.2 Å². The number of H-pyrrole nitrogens is 1. The number of aryl methyl sites for hydroxylation is 2. The normalized spacial score (nSPS) is 16.1. The number of carbonyl (C=O) groups is 1. The van der Waals surface area contributed by atoms with Crippen molar-refractivity contribution in [2.24, 2.45) is 0 Å². The van der Waals surface area contributed by atoms with E-state index in [-0.39, 0.29) is 11.8 Å². The Labute approximate surface area is 152 Å². The molecule has 1 aliphatic rings. The van der Waals surface area contributed by atoms with E-state index in [1.54, 1.807) is 0 Å². The lowest BCUT2D eigenvalue weighted by Gasteiger charge is -2.23. The zero-order valence-electron chi connectivity index (χ0n) is 14.9. The summed E-state index contributed by atoms with van der Waals surface area (Å²) in [7, 11) is 0. The van der Waals surface area contributed by atoms with Gasteiger partial charge in [-0.1, -0.05) is 42.0 Å². The fourth-order valence-electron chi connectivity index (χ4n) is 3.48. The number of benzene rings is 2. The molecule has 0 saturated heterocycles. The molecule has 132 valence electrons. The molecule has 26 heavy (non-hydrogen) atoms. The summed E-state index contributed by atoms with van der Waals surface area (Å²) in [5.41, 5.74) is 5.52. The van der Waals surface area contributed by atoms with Gasteiger partial charge in [0.2, 0.25) is 5.91 Å². The van der Waals surface area contributed by atoms with Gasteiger partial charge in [-0.2, -0.15) is 5.10 Å². The Bertz CT molecular complexity index is 944. The van der Waals surface area contributed by atoms with Gasteiger partial charge in [-0.15, -0.1) is 0 Å². The van der Waals surface area contributed by atoms with Gasteiger partial charge >= 0.3 is 0 Å². The summed E-state index contributed by atoms with van der Waals surface area (Å²) in [5, 5.41) is 9.98. The van der Waals surface area contributed by atoms with E-state index in [2.05, 4.69) is 40.6 Å². The van der Waals surface area contributed by atoms with Crippen molar-refractivity contribution in [3.05, 3.63) is 76.5 Å². The lowest BCUT2D eigenvalue weighted by molar-refractivity contribution is -0.116. The van der Waals surface area contributed by atoms with Gasteiger partial charge in [-0.25, -0.2) is 0 Å². The number of rotatable bonds is 4. The van der Waals surface area contributed by atoms with Crippen LogP contribution in [0.15, 0.2) is 48.5 Å². The van der Waals surface area contributed by atoms with Crippen molar-refractivity contribution < 1.29 is 9.53 Å². The van der Waals surface area contributed by atoms with Gasteiger partial charge in [0.15, 0.2) is 5.82 Å². The van der Waals surface area contributed by atoms with Crippen molar-refractivity contribution in [1.29, 1.82) is 0 Å². The molecule has 1 aliphatic heterocycles. The van der Waals surface area contributed by atoms with Crippen LogP contribution in [-0.2, 0) is 11.4 Å². The second-order valence-electron chi connectivity index (χ2n) is 6.76. The Morgan fingerprint density at radius 3 is 2.73 bits per heavy atom. The molecule has 2 N–H and O–H groups in total. The third-order valence-electron chi connectivity index (χ3n) is 4.76. The number of hydrogen-bond acceptors (Lipinski definition) is 3. The molecule has 5 nitrogen and oxygen atoms in total. The topological polar surface area (TPSA) is 67.0 Å². The molecule has 1 amide bonds. The molecule has 0 spiro atoms. The van der Waals surface area contributed by atoms with Crippen LogP contribution in [0, 0.1) is 13.8 Å². The van der Waals surface area contributed by atoms with Gasteiger partial charge in [0.1, 0.15) is 12.4 Å². The average Bonchev–Trinajstić information content (AvgIpc) is 3.00. The Morgan fingerprint density at radius 1 is 1.15 bits per heavy atom. The molecule has 0 unspecified atom stereocenters. The highest BCUT2D eigenvalue weighted by Gasteiger charge is 2.30. The number of fused-ring (bicyclic) bond motifs is 1. The van der Waals surface area contributed by atoms with E-state index in [9.17, 15) is 4.79 Å². The molecular formula is C21H21N3O2. The molecular weight excluding hydrogens is 326 g/mol. The van der Waals surface area contributed by atoms with Crippen LogP contribution < -0.4 is 10.1 Å². The third-order valence-corrected chi connectivity index (χ3v) is 4.76. The number of carbonyl (C=O) groups excluding carboxylic acids is 1. The lowest BCUT2D eigenvalue weighted by Crippen LogP contribution is -2.23.